The monoisotopic (exact) mass is 416 g/mol. The Morgan fingerprint density at radius 1 is 0.893 bits per heavy atom. The first-order valence-electron chi connectivity index (χ1n) is 7.66. The summed E-state index contributed by atoms with van der Waals surface area (Å²) in [6.45, 7) is 0. The summed E-state index contributed by atoms with van der Waals surface area (Å²) in [4.78, 5) is 15.4. The first-order chi connectivity index (χ1) is 13.0. The van der Waals surface area contributed by atoms with Crippen LogP contribution in [0.15, 0.2) is 53.9 Å². The SMILES string of the molecule is O=C(Nc1nc(C(F)(F)F)cs1)c1ccc(-c2cccc(C(F)(F)F)c2)cc1. The van der Waals surface area contributed by atoms with Crippen LogP contribution in [0.2, 0.25) is 0 Å². The molecule has 0 fully saturated rings. The zero-order valence-electron chi connectivity index (χ0n) is 13.7. The number of halogens is 6. The third-order valence-electron chi connectivity index (χ3n) is 3.69. The summed E-state index contributed by atoms with van der Waals surface area (Å²) in [5, 5.41) is 2.83. The van der Waals surface area contributed by atoms with E-state index in [1.807, 2.05) is 0 Å². The van der Waals surface area contributed by atoms with E-state index in [4.69, 9.17) is 0 Å². The van der Waals surface area contributed by atoms with Gasteiger partial charge in [-0.25, -0.2) is 4.98 Å². The largest absolute Gasteiger partial charge is 0.434 e. The molecule has 28 heavy (non-hydrogen) atoms. The molecule has 0 aliphatic heterocycles. The molecule has 0 saturated heterocycles. The van der Waals surface area contributed by atoms with Crippen LogP contribution < -0.4 is 5.32 Å². The van der Waals surface area contributed by atoms with Crippen molar-refractivity contribution in [3.63, 3.8) is 0 Å². The van der Waals surface area contributed by atoms with Gasteiger partial charge >= 0.3 is 12.4 Å². The maximum Gasteiger partial charge on any atom is 0.434 e. The highest BCUT2D eigenvalue weighted by Gasteiger charge is 2.34. The van der Waals surface area contributed by atoms with E-state index in [0.29, 0.717) is 22.5 Å². The molecule has 3 rings (SSSR count). The highest BCUT2D eigenvalue weighted by molar-refractivity contribution is 7.14. The van der Waals surface area contributed by atoms with E-state index >= 15 is 0 Å². The molecule has 10 heteroatoms. The smallest absolute Gasteiger partial charge is 0.298 e. The molecule has 2 aromatic carbocycles. The summed E-state index contributed by atoms with van der Waals surface area (Å²) >= 11 is 0.634. The molecule has 1 amide bonds. The molecule has 3 aromatic rings. The van der Waals surface area contributed by atoms with Crippen LogP contribution in [0.4, 0.5) is 31.5 Å². The molecule has 0 aliphatic rings. The summed E-state index contributed by atoms with van der Waals surface area (Å²) in [5.74, 6) is -0.682. The van der Waals surface area contributed by atoms with E-state index in [1.165, 1.54) is 36.4 Å². The number of hydrogen-bond donors (Lipinski definition) is 1. The van der Waals surface area contributed by atoms with Crippen molar-refractivity contribution < 1.29 is 31.1 Å². The second-order valence-corrected chi connectivity index (χ2v) is 6.50. The molecule has 146 valence electrons. The Kier molecular flexibility index (Phi) is 5.16. The molecule has 1 heterocycles. The number of carbonyl (C=O) groups is 1. The van der Waals surface area contributed by atoms with Gasteiger partial charge in [-0.2, -0.15) is 26.3 Å². The number of hydrogen-bond acceptors (Lipinski definition) is 3. The van der Waals surface area contributed by atoms with Gasteiger partial charge in [0.25, 0.3) is 5.91 Å². The number of amides is 1. The van der Waals surface area contributed by atoms with Crippen LogP contribution in [0.1, 0.15) is 21.6 Å². The normalized spacial score (nSPS) is 12.1. The number of rotatable bonds is 3. The van der Waals surface area contributed by atoms with Gasteiger partial charge in [-0.15, -0.1) is 11.3 Å². The van der Waals surface area contributed by atoms with Crippen molar-refractivity contribution in [2.45, 2.75) is 12.4 Å². The number of thiazole rings is 1. The molecule has 0 aliphatic carbocycles. The number of aromatic nitrogens is 1. The molecule has 0 bridgehead atoms. The van der Waals surface area contributed by atoms with Gasteiger partial charge in [0.1, 0.15) is 0 Å². The Hall–Kier alpha value is -2.88. The summed E-state index contributed by atoms with van der Waals surface area (Å²) in [5.41, 5.74) is -1.00. The topological polar surface area (TPSA) is 42.0 Å². The number of nitrogens with one attached hydrogen (secondary N) is 1. The fraction of sp³-hybridized carbons (Fsp3) is 0.111. The van der Waals surface area contributed by atoms with Gasteiger partial charge < -0.3 is 0 Å². The maximum atomic E-state index is 12.8. The van der Waals surface area contributed by atoms with Crippen LogP contribution >= 0.6 is 11.3 Å². The van der Waals surface area contributed by atoms with Gasteiger partial charge in [0.05, 0.1) is 5.56 Å². The van der Waals surface area contributed by atoms with Crippen LogP contribution in [0.25, 0.3) is 11.1 Å². The summed E-state index contributed by atoms with van der Waals surface area (Å²) < 4.78 is 76.0. The van der Waals surface area contributed by atoms with E-state index in [1.54, 1.807) is 0 Å². The molecule has 1 N–H and O–H groups in total. The minimum Gasteiger partial charge on any atom is -0.298 e. The first kappa shape index (κ1) is 19.9. The van der Waals surface area contributed by atoms with Crippen molar-refractivity contribution in [3.8, 4) is 11.1 Å². The number of nitrogens with zero attached hydrogens (tertiary/aromatic N) is 1. The van der Waals surface area contributed by atoms with Crippen LogP contribution in [0.3, 0.4) is 0 Å². The number of alkyl halides is 6. The van der Waals surface area contributed by atoms with E-state index in [-0.39, 0.29) is 10.7 Å². The fourth-order valence-electron chi connectivity index (χ4n) is 2.32. The Morgan fingerprint density at radius 2 is 1.57 bits per heavy atom. The Balaban J connectivity index is 1.75. The average Bonchev–Trinajstić information content (AvgIpc) is 3.10. The van der Waals surface area contributed by atoms with Crippen LogP contribution in [-0.4, -0.2) is 10.9 Å². The minimum atomic E-state index is -4.61. The Labute approximate surface area is 158 Å². The number of anilines is 1. The van der Waals surface area contributed by atoms with Crippen molar-refractivity contribution >= 4 is 22.4 Å². The summed E-state index contributed by atoms with van der Waals surface area (Å²) in [6.07, 6.45) is -9.08. The number of carbonyl (C=O) groups excluding carboxylic acids is 1. The van der Waals surface area contributed by atoms with Crippen molar-refractivity contribution in [1.82, 2.24) is 4.98 Å². The maximum absolute atomic E-state index is 12.8. The third kappa shape index (κ3) is 4.50. The quantitative estimate of drug-likeness (QED) is 0.524. The van der Waals surface area contributed by atoms with Crippen LogP contribution in [0.5, 0.6) is 0 Å². The zero-order valence-corrected chi connectivity index (χ0v) is 14.5. The molecule has 0 unspecified atom stereocenters. The number of benzene rings is 2. The second kappa shape index (κ2) is 7.27. The van der Waals surface area contributed by atoms with Crippen LogP contribution in [-0.2, 0) is 12.4 Å². The molecule has 0 radical (unpaired) electrons. The second-order valence-electron chi connectivity index (χ2n) is 5.65. The van der Waals surface area contributed by atoms with Crippen molar-refractivity contribution in [2.24, 2.45) is 0 Å². The fourth-order valence-corrected chi connectivity index (χ4v) is 3.03. The lowest BCUT2D eigenvalue weighted by Gasteiger charge is -2.09. The molecule has 0 atom stereocenters. The van der Waals surface area contributed by atoms with E-state index in [2.05, 4.69) is 10.3 Å². The van der Waals surface area contributed by atoms with Gasteiger partial charge in [-0.05, 0) is 35.4 Å². The molecular formula is C18H10F6N2OS. The molecule has 0 saturated carbocycles. The van der Waals surface area contributed by atoms with E-state index < -0.39 is 29.5 Å². The van der Waals surface area contributed by atoms with E-state index in [0.717, 1.165) is 17.5 Å². The Bertz CT molecular complexity index is 992. The molecular weight excluding hydrogens is 406 g/mol. The highest BCUT2D eigenvalue weighted by atomic mass is 32.1. The predicted molar refractivity (Wildman–Crippen MR) is 91.9 cm³/mol. The molecule has 0 spiro atoms. The lowest BCUT2D eigenvalue weighted by molar-refractivity contribution is -0.140. The summed E-state index contributed by atoms with van der Waals surface area (Å²) in [7, 11) is 0. The predicted octanol–water partition coefficient (Wildman–Crippen LogP) is 6.10. The highest BCUT2D eigenvalue weighted by Crippen LogP contribution is 2.33. The lowest BCUT2D eigenvalue weighted by atomic mass is 10.0. The van der Waals surface area contributed by atoms with Crippen molar-refractivity contribution in [1.29, 1.82) is 0 Å². The first-order valence-corrected chi connectivity index (χ1v) is 8.54. The van der Waals surface area contributed by atoms with Gasteiger partial charge in [-0.3, -0.25) is 10.1 Å². The van der Waals surface area contributed by atoms with Crippen LogP contribution in [0, 0.1) is 0 Å². The standard InChI is InChI=1S/C18H10F6N2OS/c19-17(20,21)13-3-1-2-12(8-13)10-4-6-11(7-5-10)15(27)26-16-25-14(9-28-16)18(22,23)24/h1-9H,(H,25,26,27). The molecule has 1 aromatic heterocycles. The van der Waals surface area contributed by atoms with Gasteiger partial charge in [0.2, 0.25) is 0 Å². The van der Waals surface area contributed by atoms with Gasteiger partial charge in [-0.1, -0.05) is 24.3 Å². The third-order valence-corrected chi connectivity index (χ3v) is 4.44. The van der Waals surface area contributed by atoms with Crippen molar-refractivity contribution in [2.75, 3.05) is 5.32 Å². The van der Waals surface area contributed by atoms with Gasteiger partial charge in [0, 0.05) is 10.9 Å². The Morgan fingerprint density at radius 3 is 2.14 bits per heavy atom. The van der Waals surface area contributed by atoms with E-state index in [9.17, 15) is 31.1 Å². The summed E-state index contributed by atoms with van der Waals surface area (Å²) in [6, 6.07) is 10.4. The minimum absolute atomic E-state index is 0.125. The molecule has 3 nitrogen and oxygen atoms in total. The average molecular weight is 416 g/mol. The van der Waals surface area contributed by atoms with Crippen molar-refractivity contribution in [3.05, 3.63) is 70.7 Å². The van der Waals surface area contributed by atoms with Gasteiger partial charge in [0.15, 0.2) is 10.8 Å². The lowest BCUT2D eigenvalue weighted by Crippen LogP contribution is -2.12. The zero-order chi connectivity index (χ0) is 20.5.